The molecule has 0 spiro atoms. The molecule has 0 fully saturated rings. The van der Waals surface area contributed by atoms with E-state index in [1.807, 2.05) is 24.3 Å². The topological polar surface area (TPSA) is 61.0 Å². The largest absolute Gasteiger partial charge is 0.424 e. The van der Waals surface area contributed by atoms with Gasteiger partial charge in [0.2, 0.25) is 0 Å². The molecule has 0 amide bonds. The Morgan fingerprint density at radius 1 is 1.22 bits per heavy atom. The van der Waals surface area contributed by atoms with Crippen molar-refractivity contribution < 1.29 is 4.74 Å². The first-order valence-electron chi connectivity index (χ1n) is 5.74. The number of halogens is 1. The molecular formula is C13H14BrN3O. The molecule has 2 rings (SSSR count). The smallest absolute Gasteiger partial charge is 0.325 e. The molecule has 94 valence electrons. The zero-order valence-electron chi connectivity index (χ0n) is 10.1. The van der Waals surface area contributed by atoms with Gasteiger partial charge in [-0.3, -0.25) is 0 Å². The maximum Gasteiger partial charge on any atom is 0.325 e. The lowest BCUT2D eigenvalue weighted by Gasteiger charge is -2.05. The third-order valence-corrected chi connectivity index (χ3v) is 2.77. The van der Waals surface area contributed by atoms with Crippen LogP contribution in [0.4, 0.5) is 5.82 Å². The van der Waals surface area contributed by atoms with Crippen molar-refractivity contribution in [2.75, 3.05) is 5.73 Å². The summed E-state index contributed by atoms with van der Waals surface area (Å²) in [4.78, 5) is 8.09. The first-order chi connectivity index (χ1) is 8.67. The fourth-order valence-corrected chi connectivity index (χ4v) is 1.96. The Kier molecular flexibility index (Phi) is 4.15. The maximum absolute atomic E-state index is 5.62. The van der Waals surface area contributed by atoms with Gasteiger partial charge in [-0.05, 0) is 40.0 Å². The van der Waals surface area contributed by atoms with Crippen LogP contribution in [0.2, 0.25) is 0 Å². The number of hydrogen-bond acceptors (Lipinski definition) is 4. The SMILES string of the molecule is CCCc1ccc(Oc2nc(N)cc(Br)n2)cc1. The van der Waals surface area contributed by atoms with Gasteiger partial charge in [0.05, 0.1) is 0 Å². The molecule has 0 saturated carbocycles. The highest BCUT2D eigenvalue weighted by atomic mass is 79.9. The predicted molar refractivity (Wildman–Crippen MR) is 74.7 cm³/mol. The first-order valence-corrected chi connectivity index (χ1v) is 6.53. The Morgan fingerprint density at radius 2 is 1.94 bits per heavy atom. The normalized spacial score (nSPS) is 10.3. The Morgan fingerprint density at radius 3 is 2.56 bits per heavy atom. The van der Waals surface area contributed by atoms with Crippen LogP contribution in [0.25, 0.3) is 0 Å². The molecule has 2 aromatic rings. The highest BCUT2D eigenvalue weighted by molar-refractivity contribution is 9.10. The van der Waals surface area contributed by atoms with Gasteiger partial charge in [0.15, 0.2) is 0 Å². The number of hydrogen-bond donors (Lipinski definition) is 1. The van der Waals surface area contributed by atoms with Crippen LogP contribution in [-0.2, 0) is 6.42 Å². The minimum atomic E-state index is 0.241. The van der Waals surface area contributed by atoms with Crippen molar-refractivity contribution in [1.82, 2.24) is 9.97 Å². The van der Waals surface area contributed by atoms with Crippen molar-refractivity contribution in [2.45, 2.75) is 19.8 Å². The number of anilines is 1. The van der Waals surface area contributed by atoms with Crippen LogP contribution in [0.5, 0.6) is 11.8 Å². The summed E-state index contributed by atoms with van der Waals surface area (Å²) in [5.74, 6) is 1.07. The molecule has 0 aliphatic rings. The van der Waals surface area contributed by atoms with Crippen LogP contribution in [0.15, 0.2) is 34.9 Å². The molecule has 4 nitrogen and oxygen atoms in total. The lowest BCUT2D eigenvalue weighted by molar-refractivity contribution is 0.441. The molecule has 0 aliphatic carbocycles. The van der Waals surface area contributed by atoms with Crippen LogP contribution in [-0.4, -0.2) is 9.97 Å². The summed E-state index contributed by atoms with van der Waals surface area (Å²) in [6, 6.07) is 9.76. The Labute approximate surface area is 114 Å². The summed E-state index contributed by atoms with van der Waals surface area (Å²) in [7, 11) is 0. The predicted octanol–water partition coefficient (Wildman–Crippen LogP) is 3.57. The number of nitrogens with zero attached hydrogens (tertiary/aromatic N) is 2. The Balaban J connectivity index is 2.13. The zero-order chi connectivity index (χ0) is 13.0. The van der Waals surface area contributed by atoms with Crippen molar-refractivity contribution in [3.05, 3.63) is 40.5 Å². The first kappa shape index (κ1) is 12.8. The summed E-state index contributed by atoms with van der Waals surface area (Å²) in [5.41, 5.74) is 6.91. The number of benzene rings is 1. The van der Waals surface area contributed by atoms with E-state index in [0.29, 0.717) is 16.2 Å². The quantitative estimate of drug-likeness (QED) is 0.877. The maximum atomic E-state index is 5.62. The number of aryl methyl sites for hydroxylation is 1. The molecule has 5 heteroatoms. The molecule has 0 atom stereocenters. The molecular weight excluding hydrogens is 294 g/mol. The molecule has 1 aromatic heterocycles. The third-order valence-electron chi connectivity index (χ3n) is 2.37. The minimum Gasteiger partial charge on any atom is -0.424 e. The summed E-state index contributed by atoms with van der Waals surface area (Å²) in [5, 5.41) is 0. The molecule has 0 radical (unpaired) electrons. The fourth-order valence-electron chi connectivity index (χ4n) is 1.58. The fraction of sp³-hybridized carbons (Fsp3) is 0.231. The van der Waals surface area contributed by atoms with Crippen LogP contribution in [0, 0.1) is 0 Å². The van der Waals surface area contributed by atoms with Gasteiger partial charge in [0, 0.05) is 6.07 Å². The van der Waals surface area contributed by atoms with E-state index in [-0.39, 0.29) is 6.01 Å². The van der Waals surface area contributed by atoms with Crippen LogP contribution < -0.4 is 10.5 Å². The van der Waals surface area contributed by atoms with Gasteiger partial charge in [-0.1, -0.05) is 25.5 Å². The Bertz CT molecular complexity index is 508. The standard InChI is InChI=1S/C13H14BrN3O/c1-2-3-9-4-6-10(7-5-9)18-13-16-11(14)8-12(15)17-13/h4-8H,2-3H2,1H3,(H2,15,16,17). The highest BCUT2D eigenvalue weighted by Crippen LogP contribution is 2.21. The summed E-state index contributed by atoms with van der Waals surface area (Å²) < 4.78 is 6.15. The van der Waals surface area contributed by atoms with E-state index >= 15 is 0 Å². The minimum absolute atomic E-state index is 0.241. The molecule has 2 N–H and O–H groups in total. The van der Waals surface area contributed by atoms with Crippen molar-refractivity contribution in [2.24, 2.45) is 0 Å². The number of nitrogen functional groups attached to an aromatic ring is 1. The van der Waals surface area contributed by atoms with Gasteiger partial charge in [-0.25, -0.2) is 0 Å². The lowest BCUT2D eigenvalue weighted by Crippen LogP contribution is -1.97. The second kappa shape index (κ2) is 5.82. The zero-order valence-corrected chi connectivity index (χ0v) is 11.6. The average molecular weight is 308 g/mol. The average Bonchev–Trinajstić information content (AvgIpc) is 2.31. The molecule has 1 heterocycles. The second-order valence-electron chi connectivity index (χ2n) is 3.89. The van der Waals surface area contributed by atoms with Gasteiger partial charge in [0.1, 0.15) is 16.2 Å². The van der Waals surface area contributed by atoms with Gasteiger partial charge in [0.25, 0.3) is 0 Å². The molecule has 18 heavy (non-hydrogen) atoms. The van der Waals surface area contributed by atoms with E-state index in [0.717, 1.165) is 12.8 Å². The van der Waals surface area contributed by atoms with Gasteiger partial charge >= 0.3 is 6.01 Å². The van der Waals surface area contributed by atoms with Gasteiger partial charge in [-0.15, -0.1) is 0 Å². The van der Waals surface area contributed by atoms with E-state index in [9.17, 15) is 0 Å². The number of nitrogens with two attached hydrogens (primary N) is 1. The summed E-state index contributed by atoms with van der Waals surface area (Å²) in [6.45, 7) is 2.16. The third kappa shape index (κ3) is 3.43. The van der Waals surface area contributed by atoms with Crippen LogP contribution in [0.1, 0.15) is 18.9 Å². The number of rotatable bonds is 4. The van der Waals surface area contributed by atoms with E-state index in [2.05, 4.69) is 32.8 Å². The molecule has 0 saturated heterocycles. The summed E-state index contributed by atoms with van der Waals surface area (Å²) >= 11 is 3.25. The molecule has 0 bridgehead atoms. The van der Waals surface area contributed by atoms with Crippen LogP contribution >= 0.6 is 15.9 Å². The van der Waals surface area contributed by atoms with Crippen molar-refractivity contribution in [1.29, 1.82) is 0 Å². The van der Waals surface area contributed by atoms with E-state index < -0.39 is 0 Å². The van der Waals surface area contributed by atoms with Crippen LogP contribution in [0.3, 0.4) is 0 Å². The van der Waals surface area contributed by atoms with Crippen molar-refractivity contribution >= 4 is 21.7 Å². The molecule has 1 aromatic carbocycles. The van der Waals surface area contributed by atoms with E-state index in [1.165, 1.54) is 5.56 Å². The second-order valence-corrected chi connectivity index (χ2v) is 4.71. The molecule has 0 unspecified atom stereocenters. The van der Waals surface area contributed by atoms with Crippen molar-refractivity contribution in [3.63, 3.8) is 0 Å². The Hall–Kier alpha value is -1.62. The van der Waals surface area contributed by atoms with E-state index in [4.69, 9.17) is 10.5 Å². The molecule has 0 aliphatic heterocycles. The summed E-state index contributed by atoms with van der Waals surface area (Å²) in [6.07, 6.45) is 2.20. The monoisotopic (exact) mass is 307 g/mol. The van der Waals surface area contributed by atoms with Gasteiger partial charge < -0.3 is 10.5 Å². The number of aromatic nitrogens is 2. The van der Waals surface area contributed by atoms with Gasteiger partial charge in [-0.2, -0.15) is 9.97 Å². The van der Waals surface area contributed by atoms with E-state index in [1.54, 1.807) is 6.07 Å². The highest BCUT2D eigenvalue weighted by Gasteiger charge is 2.03. The number of ether oxygens (including phenoxy) is 1. The van der Waals surface area contributed by atoms with Crippen molar-refractivity contribution in [3.8, 4) is 11.8 Å². The lowest BCUT2D eigenvalue weighted by atomic mass is 10.1.